The van der Waals surface area contributed by atoms with Crippen molar-refractivity contribution in [3.8, 4) is 5.75 Å². The van der Waals surface area contributed by atoms with Crippen LogP contribution in [-0.4, -0.2) is 48.3 Å². The summed E-state index contributed by atoms with van der Waals surface area (Å²) in [6.45, 7) is 2.57. The highest BCUT2D eigenvalue weighted by atomic mass is 16.5. The highest BCUT2D eigenvalue weighted by Gasteiger charge is 2.18. The number of ether oxygens (including phenoxy) is 2. The molecule has 0 bridgehead atoms. The molecular weight excluding hydrogens is 264 g/mol. The first-order chi connectivity index (χ1) is 9.56. The molecule has 1 rings (SSSR count). The number of pyridine rings is 1. The van der Waals surface area contributed by atoms with E-state index in [0.29, 0.717) is 19.6 Å². The molecule has 0 saturated carbocycles. The van der Waals surface area contributed by atoms with E-state index in [1.165, 1.54) is 18.5 Å². The summed E-state index contributed by atoms with van der Waals surface area (Å²) in [5.74, 6) is -1.38. The van der Waals surface area contributed by atoms with Gasteiger partial charge in [-0.2, -0.15) is 0 Å². The number of aromatic carboxylic acids is 1. The van der Waals surface area contributed by atoms with Gasteiger partial charge < -0.3 is 19.9 Å². The van der Waals surface area contributed by atoms with Crippen molar-refractivity contribution in [3.05, 3.63) is 24.0 Å². The molecule has 1 amide bonds. The second kappa shape index (κ2) is 8.11. The molecule has 7 heteroatoms. The van der Waals surface area contributed by atoms with Crippen molar-refractivity contribution in [1.82, 2.24) is 10.3 Å². The SMILES string of the molecule is COCCCNC(=O)C(C)Oc1cnccc1C(=O)O. The minimum atomic E-state index is -1.13. The standard InChI is InChI=1S/C13H18N2O5/c1-9(12(16)15-5-3-7-19-2)20-11-8-14-6-4-10(11)13(17)18/h4,6,8-9H,3,5,7H2,1-2H3,(H,15,16)(H,17,18). The zero-order valence-corrected chi connectivity index (χ0v) is 11.5. The first-order valence-corrected chi connectivity index (χ1v) is 6.17. The average Bonchev–Trinajstić information content (AvgIpc) is 2.43. The smallest absolute Gasteiger partial charge is 0.339 e. The number of carboxylic acid groups (broad SMARTS) is 1. The number of aromatic nitrogens is 1. The number of rotatable bonds is 8. The lowest BCUT2D eigenvalue weighted by atomic mass is 10.2. The molecule has 0 fully saturated rings. The quantitative estimate of drug-likeness (QED) is 0.681. The lowest BCUT2D eigenvalue weighted by molar-refractivity contribution is -0.127. The Bertz CT molecular complexity index is 464. The number of hydrogen-bond donors (Lipinski definition) is 2. The normalized spacial score (nSPS) is 11.7. The van der Waals surface area contributed by atoms with E-state index in [-0.39, 0.29) is 17.2 Å². The van der Waals surface area contributed by atoms with Gasteiger partial charge in [0, 0.05) is 26.5 Å². The summed E-state index contributed by atoms with van der Waals surface area (Å²) < 4.78 is 10.2. The van der Waals surface area contributed by atoms with E-state index in [0.717, 1.165) is 0 Å². The predicted octanol–water partition coefficient (Wildman–Crippen LogP) is 0.700. The van der Waals surface area contributed by atoms with Gasteiger partial charge in [0.05, 0.1) is 6.20 Å². The molecule has 1 heterocycles. The summed E-state index contributed by atoms with van der Waals surface area (Å²) >= 11 is 0. The third-order valence-corrected chi connectivity index (χ3v) is 2.51. The Morgan fingerprint density at radius 1 is 1.50 bits per heavy atom. The van der Waals surface area contributed by atoms with Crippen LogP contribution in [0.5, 0.6) is 5.75 Å². The second-order valence-electron chi connectivity index (χ2n) is 4.07. The van der Waals surface area contributed by atoms with Gasteiger partial charge in [0.15, 0.2) is 11.9 Å². The fourth-order valence-corrected chi connectivity index (χ4v) is 1.47. The van der Waals surface area contributed by atoms with Gasteiger partial charge in [-0.25, -0.2) is 4.79 Å². The van der Waals surface area contributed by atoms with Gasteiger partial charge in [-0.3, -0.25) is 9.78 Å². The minimum absolute atomic E-state index is 0.0287. The van der Waals surface area contributed by atoms with E-state index < -0.39 is 12.1 Å². The molecule has 7 nitrogen and oxygen atoms in total. The number of methoxy groups -OCH3 is 1. The monoisotopic (exact) mass is 282 g/mol. The minimum Gasteiger partial charge on any atom is -0.478 e. The average molecular weight is 282 g/mol. The van der Waals surface area contributed by atoms with Gasteiger partial charge in [0.2, 0.25) is 0 Å². The fraction of sp³-hybridized carbons (Fsp3) is 0.462. The Hall–Kier alpha value is -2.15. The summed E-state index contributed by atoms with van der Waals surface area (Å²) in [6.07, 6.45) is 2.52. The number of hydrogen-bond acceptors (Lipinski definition) is 5. The third kappa shape index (κ3) is 4.85. The van der Waals surface area contributed by atoms with Crippen molar-refractivity contribution < 1.29 is 24.2 Å². The molecule has 0 aliphatic rings. The van der Waals surface area contributed by atoms with Gasteiger partial charge in [0.25, 0.3) is 5.91 Å². The van der Waals surface area contributed by atoms with Gasteiger partial charge in [0.1, 0.15) is 5.56 Å². The van der Waals surface area contributed by atoms with Crippen LogP contribution in [-0.2, 0) is 9.53 Å². The van der Waals surface area contributed by atoms with Gasteiger partial charge >= 0.3 is 5.97 Å². The molecule has 2 N–H and O–H groups in total. The van der Waals surface area contributed by atoms with E-state index in [9.17, 15) is 9.59 Å². The maximum Gasteiger partial charge on any atom is 0.339 e. The van der Waals surface area contributed by atoms with Crippen molar-refractivity contribution in [2.45, 2.75) is 19.4 Å². The van der Waals surface area contributed by atoms with E-state index in [2.05, 4.69) is 10.3 Å². The Morgan fingerprint density at radius 3 is 2.90 bits per heavy atom. The zero-order chi connectivity index (χ0) is 15.0. The molecule has 1 unspecified atom stereocenters. The van der Waals surface area contributed by atoms with Crippen molar-refractivity contribution >= 4 is 11.9 Å². The lowest BCUT2D eigenvalue weighted by Crippen LogP contribution is -2.37. The molecule has 0 spiro atoms. The predicted molar refractivity (Wildman–Crippen MR) is 70.8 cm³/mol. The molecule has 0 aliphatic heterocycles. The molecule has 1 atom stereocenters. The summed E-state index contributed by atoms with van der Waals surface area (Å²) in [6, 6.07) is 1.32. The largest absolute Gasteiger partial charge is 0.478 e. The van der Waals surface area contributed by atoms with Gasteiger partial charge in [-0.15, -0.1) is 0 Å². The first kappa shape index (κ1) is 15.9. The number of carbonyl (C=O) groups excluding carboxylic acids is 1. The highest BCUT2D eigenvalue weighted by molar-refractivity contribution is 5.90. The van der Waals surface area contributed by atoms with Crippen LogP contribution in [0, 0.1) is 0 Å². The highest BCUT2D eigenvalue weighted by Crippen LogP contribution is 2.17. The summed E-state index contributed by atoms with van der Waals surface area (Å²) in [7, 11) is 1.59. The van der Waals surface area contributed by atoms with E-state index in [4.69, 9.17) is 14.6 Å². The summed E-state index contributed by atoms with van der Waals surface area (Å²) in [4.78, 5) is 26.5. The van der Waals surface area contributed by atoms with Gasteiger partial charge in [-0.1, -0.05) is 0 Å². The van der Waals surface area contributed by atoms with Crippen LogP contribution >= 0.6 is 0 Å². The van der Waals surface area contributed by atoms with Crippen molar-refractivity contribution in [3.63, 3.8) is 0 Å². The van der Waals surface area contributed by atoms with Crippen molar-refractivity contribution in [2.24, 2.45) is 0 Å². The van der Waals surface area contributed by atoms with Crippen LogP contribution in [0.25, 0.3) is 0 Å². The van der Waals surface area contributed by atoms with Crippen molar-refractivity contribution in [1.29, 1.82) is 0 Å². The van der Waals surface area contributed by atoms with Crippen LogP contribution in [0.1, 0.15) is 23.7 Å². The molecule has 110 valence electrons. The molecule has 20 heavy (non-hydrogen) atoms. The molecular formula is C13H18N2O5. The van der Waals surface area contributed by atoms with Crippen LogP contribution in [0.2, 0.25) is 0 Å². The molecule has 0 aromatic carbocycles. The Labute approximate surface area is 116 Å². The number of nitrogens with zero attached hydrogens (tertiary/aromatic N) is 1. The number of nitrogens with one attached hydrogen (secondary N) is 1. The lowest BCUT2D eigenvalue weighted by Gasteiger charge is -2.15. The Balaban J connectivity index is 2.55. The third-order valence-electron chi connectivity index (χ3n) is 2.51. The van der Waals surface area contributed by atoms with Crippen LogP contribution < -0.4 is 10.1 Å². The maximum atomic E-state index is 11.7. The maximum absolute atomic E-state index is 11.7. The number of carboxylic acids is 1. The van der Waals surface area contributed by atoms with E-state index in [1.54, 1.807) is 14.0 Å². The van der Waals surface area contributed by atoms with Gasteiger partial charge in [-0.05, 0) is 19.4 Å². The summed E-state index contributed by atoms with van der Waals surface area (Å²) in [5, 5.41) is 11.7. The molecule has 0 radical (unpaired) electrons. The van der Waals surface area contributed by atoms with Crippen LogP contribution in [0.4, 0.5) is 0 Å². The Kier molecular flexibility index (Phi) is 6.45. The number of amides is 1. The van der Waals surface area contributed by atoms with Crippen molar-refractivity contribution in [2.75, 3.05) is 20.3 Å². The van der Waals surface area contributed by atoms with E-state index >= 15 is 0 Å². The van der Waals surface area contributed by atoms with Crippen LogP contribution in [0.15, 0.2) is 18.5 Å². The zero-order valence-electron chi connectivity index (χ0n) is 11.5. The van der Waals surface area contributed by atoms with Crippen LogP contribution in [0.3, 0.4) is 0 Å². The molecule has 0 aliphatic carbocycles. The topological polar surface area (TPSA) is 97.8 Å². The number of carbonyl (C=O) groups is 2. The molecule has 1 aromatic heterocycles. The summed E-state index contributed by atoms with van der Waals surface area (Å²) in [5.41, 5.74) is -0.0287. The first-order valence-electron chi connectivity index (χ1n) is 6.17. The molecule has 0 saturated heterocycles. The molecule has 1 aromatic rings. The van der Waals surface area contributed by atoms with E-state index in [1.807, 2.05) is 0 Å². The fourth-order valence-electron chi connectivity index (χ4n) is 1.47. The Morgan fingerprint density at radius 2 is 2.25 bits per heavy atom. The second-order valence-corrected chi connectivity index (χ2v) is 4.07.